The summed E-state index contributed by atoms with van der Waals surface area (Å²) in [6.45, 7) is 4.27. The molecular formula is C31H56N3O4+. The highest BCUT2D eigenvalue weighted by molar-refractivity contribution is 5.79. The highest BCUT2D eigenvalue weighted by Crippen LogP contribution is 2.13. The van der Waals surface area contributed by atoms with Gasteiger partial charge in [0.2, 0.25) is 5.91 Å². The van der Waals surface area contributed by atoms with Crippen LogP contribution in [-0.4, -0.2) is 45.4 Å². The summed E-state index contributed by atoms with van der Waals surface area (Å²) >= 11 is 0. The Kier molecular flexibility index (Phi) is 22.4. The molecule has 218 valence electrons. The molecule has 0 aliphatic carbocycles. The van der Waals surface area contributed by atoms with Gasteiger partial charge in [-0.05, 0) is 6.42 Å². The van der Waals surface area contributed by atoms with Crippen LogP contribution in [0.2, 0.25) is 0 Å². The minimum Gasteiger partial charge on any atom is -0.449 e. The maximum Gasteiger partial charge on any atom is 0.407 e. The van der Waals surface area contributed by atoms with Crippen molar-refractivity contribution in [1.29, 1.82) is 0 Å². The summed E-state index contributed by atoms with van der Waals surface area (Å²) in [6.07, 6.45) is 24.8. The zero-order valence-corrected chi connectivity index (χ0v) is 24.4. The van der Waals surface area contributed by atoms with Gasteiger partial charge < -0.3 is 20.1 Å². The number of hydrogen-bond acceptors (Lipinski definition) is 4. The summed E-state index contributed by atoms with van der Waals surface area (Å²) in [6, 6.07) is 5.82. The summed E-state index contributed by atoms with van der Waals surface area (Å²) in [4.78, 5) is 24.1. The number of rotatable bonds is 25. The van der Waals surface area contributed by atoms with Crippen molar-refractivity contribution in [1.82, 2.24) is 10.6 Å². The second kappa shape index (κ2) is 25.1. The molecule has 1 atom stereocenters. The number of aromatic nitrogens is 1. The van der Waals surface area contributed by atoms with Crippen molar-refractivity contribution < 1.29 is 23.6 Å². The highest BCUT2D eigenvalue weighted by atomic mass is 16.6. The fourth-order valence-electron chi connectivity index (χ4n) is 4.48. The maximum absolute atomic E-state index is 12.1. The molecule has 0 aliphatic rings. The molecule has 1 heterocycles. The molecule has 7 nitrogen and oxygen atoms in total. The van der Waals surface area contributed by atoms with Crippen LogP contribution in [0.4, 0.5) is 4.79 Å². The first kappa shape index (κ1) is 33.9. The maximum atomic E-state index is 12.1. The summed E-state index contributed by atoms with van der Waals surface area (Å²) in [5, 5.41) is 5.34. The first-order valence-corrected chi connectivity index (χ1v) is 15.3. The second-order valence-electron chi connectivity index (χ2n) is 10.3. The minimum atomic E-state index is -0.520. The molecule has 0 aromatic carbocycles. The quantitative estimate of drug-likeness (QED) is 0.113. The van der Waals surface area contributed by atoms with Crippen molar-refractivity contribution in [3.63, 3.8) is 0 Å². The topological polar surface area (TPSA) is 80.5 Å². The Hall–Kier alpha value is -2.15. The van der Waals surface area contributed by atoms with E-state index in [1.54, 1.807) is 7.05 Å². The number of unbranched alkanes of at least 4 members (excludes halogenated alkanes) is 15. The van der Waals surface area contributed by atoms with Crippen molar-refractivity contribution >= 4 is 12.0 Å². The van der Waals surface area contributed by atoms with E-state index in [0.29, 0.717) is 19.7 Å². The number of amides is 2. The molecule has 0 saturated heterocycles. The van der Waals surface area contributed by atoms with Crippen LogP contribution in [-0.2, 0) is 20.8 Å². The highest BCUT2D eigenvalue weighted by Gasteiger charge is 2.20. The number of ether oxygens (including phenoxy) is 2. The smallest absolute Gasteiger partial charge is 0.407 e. The van der Waals surface area contributed by atoms with E-state index < -0.39 is 12.0 Å². The predicted octanol–water partition coefficient (Wildman–Crippen LogP) is 6.34. The lowest BCUT2D eigenvalue weighted by atomic mass is 10.0. The van der Waals surface area contributed by atoms with Crippen molar-refractivity contribution in [2.45, 2.75) is 116 Å². The van der Waals surface area contributed by atoms with Crippen LogP contribution in [0, 0.1) is 5.92 Å². The third kappa shape index (κ3) is 19.9. The van der Waals surface area contributed by atoms with Crippen LogP contribution < -0.4 is 15.2 Å². The number of nitrogens with one attached hydrogen (secondary N) is 2. The molecule has 7 heteroatoms. The van der Waals surface area contributed by atoms with E-state index in [-0.39, 0.29) is 19.1 Å². The molecule has 1 rings (SSSR count). The fourth-order valence-corrected chi connectivity index (χ4v) is 4.48. The van der Waals surface area contributed by atoms with Gasteiger partial charge in [-0.2, -0.15) is 0 Å². The van der Waals surface area contributed by atoms with E-state index in [9.17, 15) is 9.59 Å². The summed E-state index contributed by atoms with van der Waals surface area (Å²) in [5.74, 6) is -0.681. The lowest BCUT2D eigenvalue weighted by Crippen LogP contribution is -2.41. The lowest BCUT2D eigenvalue weighted by molar-refractivity contribution is -0.694. The average Bonchev–Trinajstić information content (AvgIpc) is 2.94. The van der Waals surface area contributed by atoms with Crippen LogP contribution in [0.25, 0.3) is 0 Å². The predicted molar refractivity (Wildman–Crippen MR) is 154 cm³/mol. The van der Waals surface area contributed by atoms with Gasteiger partial charge in [0.05, 0.1) is 19.1 Å². The number of alkyl carbamates (subject to hydrolysis) is 1. The van der Waals surface area contributed by atoms with E-state index in [2.05, 4.69) is 17.6 Å². The van der Waals surface area contributed by atoms with Crippen LogP contribution in [0.15, 0.2) is 30.6 Å². The molecular weight excluding hydrogens is 478 g/mol. The van der Waals surface area contributed by atoms with Crippen molar-refractivity contribution in [2.75, 3.05) is 33.4 Å². The molecule has 0 bridgehead atoms. The Morgan fingerprint density at radius 3 is 1.79 bits per heavy atom. The zero-order valence-electron chi connectivity index (χ0n) is 24.4. The van der Waals surface area contributed by atoms with Gasteiger partial charge in [-0.3, -0.25) is 4.79 Å². The SMILES string of the molecule is CCCCCCCCCCCCCCCCCCOC[C@H](COC(=O)NCC[n+]1ccccc1)C(=O)NC. The molecule has 2 amide bonds. The molecule has 0 aliphatic heterocycles. The lowest BCUT2D eigenvalue weighted by Gasteiger charge is -2.16. The Labute approximate surface area is 232 Å². The average molecular weight is 535 g/mol. The molecule has 0 fully saturated rings. The van der Waals surface area contributed by atoms with Gasteiger partial charge in [-0.1, -0.05) is 109 Å². The summed E-state index contributed by atoms with van der Waals surface area (Å²) in [5.41, 5.74) is 0. The van der Waals surface area contributed by atoms with Crippen LogP contribution >= 0.6 is 0 Å². The molecule has 1 aromatic heterocycles. The zero-order chi connectivity index (χ0) is 27.5. The van der Waals surface area contributed by atoms with Crippen LogP contribution in [0.1, 0.15) is 110 Å². The molecule has 0 radical (unpaired) electrons. The van der Waals surface area contributed by atoms with Gasteiger partial charge in [0, 0.05) is 25.8 Å². The number of carbonyl (C=O) groups excluding carboxylic acids is 2. The Balaban J connectivity index is 1.95. The van der Waals surface area contributed by atoms with Crippen molar-refractivity contribution in [3.8, 4) is 0 Å². The minimum absolute atomic E-state index is 0.00292. The molecule has 0 unspecified atom stereocenters. The van der Waals surface area contributed by atoms with E-state index in [4.69, 9.17) is 9.47 Å². The van der Waals surface area contributed by atoms with Gasteiger partial charge >= 0.3 is 6.09 Å². The third-order valence-corrected chi connectivity index (χ3v) is 6.91. The van der Waals surface area contributed by atoms with Crippen LogP contribution in [0.3, 0.4) is 0 Å². The van der Waals surface area contributed by atoms with Crippen molar-refractivity contribution in [3.05, 3.63) is 30.6 Å². The number of pyridine rings is 1. The second-order valence-corrected chi connectivity index (χ2v) is 10.3. The molecule has 0 spiro atoms. The largest absolute Gasteiger partial charge is 0.449 e. The van der Waals surface area contributed by atoms with Gasteiger partial charge in [0.25, 0.3) is 0 Å². The van der Waals surface area contributed by atoms with Crippen LogP contribution in [0.5, 0.6) is 0 Å². The number of nitrogens with zero attached hydrogens (tertiary/aromatic N) is 1. The normalized spacial score (nSPS) is 11.7. The first-order chi connectivity index (χ1) is 18.7. The monoisotopic (exact) mass is 534 g/mol. The van der Waals surface area contributed by atoms with E-state index in [0.717, 1.165) is 12.8 Å². The van der Waals surface area contributed by atoms with E-state index in [1.807, 2.05) is 35.2 Å². The molecule has 38 heavy (non-hydrogen) atoms. The molecule has 2 N–H and O–H groups in total. The third-order valence-electron chi connectivity index (χ3n) is 6.91. The molecule has 0 saturated carbocycles. The summed E-state index contributed by atoms with van der Waals surface area (Å²) in [7, 11) is 1.59. The van der Waals surface area contributed by atoms with Crippen molar-refractivity contribution in [2.24, 2.45) is 5.92 Å². The van der Waals surface area contributed by atoms with Gasteiger partial charge in [-0.25, -0.2) is 9.36 Å². The van der Waals surface area contributed by atoms with E-state index >= 15 is 0 Å². The van der Waals surface area contributed by atoms with Gasteiger partial charge in [0.15, 0.2) is 18.9 Å². The summed E-state index contributed by atoms with van der Waals surface area (Å²) < 4.78 is 13.0. The standard InChI is InChI=1S/C31H55N3O4/c1-3-4-5-6-7-8-9-10-11-12-13-14-15-16-17-21-26-37-27-29(30(35)32-2)28-38-31(36)33-22-25-34-23-19-18-20-24-34/h18-20,23-24,29H,3-17,21-22,25-28H2,1-2H3,(H-,32,33,35,36)/p+1/t29-/m1/s1. The Morgan fingerprint density at radius 2 is 1.26 bits per heavy atom. The Morgan fingerprint density at radius 1 is 0.737 bits per heavy atom. The fraction of sp³-hybridized carbons (Fsp3) is 0.774. The molecule has 1 aromatic rings. The number of carbonyl (C=O) groups is 2. The Bertz CT molecular complexity index is 687. The first-order valence-electron chi connectivity index (χ1n) is 15.3. The van der Waals surface area contributed by atoms with Gasteiger partial charge in [0.1, 0.15) is 6.61 Å². The number of hydrogen-bond donors (Lipinski definition) is 2. The van der Waals surface area contributed by atoms with Gasteiger partial charge in [-0.15, -0.1) is 0 Å². The van der Waals surface area contributed by atoms with E-state index in [1.165, 1.54) is 89.9 Å².